The SMILES string of the molecule is CCOC(=O)N(C)[C@@](C)(C(=O)N1CCCC1)c1ccc2c(c1)nc(CNc1ccc(C(=N)NC(=O)c3ccc(F)cc3)cc1)n2C. The summed E-state index contributed by atoms with van der Waals surface area (Å²) in [5.41, 5.74) is 2.48. The van der Waals surface area contributed by atoms with Gasteiger partial charge in [-0.2, -0.15) is 0 Å². The number of hydrogen-bond donors (Lipinski definition) is 3. The molecule has 1 aliphatic heterocycles. The molecule has 1 saturated heterocycles. The van der Waals surface area contributed by atoms with Crippen molar-refractivity contribution in [2.45, 2.75) is 38.8 Å². The predicted octanol–water partition coefficient (Wildman–Crippen LogP) is 5.01. The molecule has 1 aliphatic rings. The molecule has 0 bridgehead atoms. The number of carbonyl (C=O) groups is 3. The van der Waals surface area contributed by atoms with Gasteiger partial charge in [-0.05, 0) is 92.9 Å². The van der Waals surface area contributed by atoms with Crippen LogP contribution in [0.5, 0.6) is 0 Å². The number of likely N-dealkylation sites (tertiary alicyclic amines) is 1. The monoisotopic (exact) mass is 627 g/mol. The number of carbonyl (C=O) groups excluding carboxylic acids is 3. The number of aromatic nitrogens is 2. The first kappa shape index (κ1) is 32.1. The smallest absolute Gasteiger partial charge is 0.410 e. The topological polar surface area (TPSA) is 133 Å². The molecular weight excluding hydrogens is 589 g/mol. The number of fused-ring (bicyclic) bond motifs is 1. The van der Waals surface area contributed by atoms with Crippen molar-refractivity contribution >= 4 is 40.5 Å². The zero-order valence-corrected chi connectivity index (χ0v) is 26.4. The van der Waals surface area contributed by atoms with Gasteiger partial charge in [-0.25, -0.2) is 14.2 Å². The number of amidine groups is 1. The fourth-order valence-corrected chi connectivity index (χ4v) is 5.60. The van der Waals surface area contributed by atoms with Gasteiger partial charge in [0.1, 0.15) is 23.0 Å². The third kappa shape index (κ3) is 6.42. The molecule has 5 rings (SSSR count). The normalized spacial score (nSPS) is 14.1. The molecule has 0 spiro atoms. The summed E-state index contributed by atoms with van der Waals surface area (Å²) < 4.78 is 20.4. The summed E-state index contributed by atoms with van der Waals surface area (Å²) in [4.78, 5) is 47.2. The molecule has 3 aromatic carbocycles. The van der Waals surface area contributed by atoms with Crippen LogP contribution in [-0.4, -0.2) is 69.8 Å². The molecule has 2 heterocycles. The molecule has 12 heteroatoms. The van der Waals surface area contributed by atoms with Crippen LogP contribution in [0, 0.1) is 11.2 Å². The van der Waals surface area contributed by atoms with Gasteiger partial charge in [0.2, 0.25) is 0 Å². The maximum atomic E-state index is 13.9. The van der Waals surface area contributed by atoms with Gasteiger partial charge in [0, 0.05) is 44.0 Å². The number of ether oxygens (including phenoxy) is 1. The molecule has 0 unspecified atom stereocenters. The summed E-state index contributed by atoms with van der Waals surface area (Å²) in [5.74, 6) is -0.406. The summed E-state index contributed by atoms with van der Waals surface area (Å²) >= 11 is 0. The van der Waals surface area contributed by atoms with E-state index in [-0.39, 0.29) is 23.9 Å². The number of hydrogen-bond acceptors (Lipinski definition) is 7. The van der Waals surface area contributed by atoms with Gasteiger partial charge >= 0.3 is 6.09 Å². The summed E-state index contributed by atoms with van der Waals surface area (Å²) in [6, 6.07) is 17.8. The van der Waals surface area contributed by atoms with Crippen LogP contribution in [0.25, 0.3) is 11.0 Å². The lowest BCUT2D eigenvalue weighted by molar-refractivity contribution is -0.141. The summed E-state index contributed by atoms with van der Waals surface area (Å²) in [6.07, 6.45) is 1.29. The number of rotatable bonds is 9. The Hall–Kier alpha value is -5.26. The third-order valence-corrected chi connectivity index (χ3v) is 8.53. The van der Waals surface area contributed by atoms with Crippen LogP contribution in [0.1, 0.15) is 54.0 Å². The number of nitrogens with one attached hydrogen (secondary N) is 3. The number of benzene rings is 3. The van der Waals surface area contributed by atoms with Gasteiger partial charge < -0.3 is 24.8 Å². The van der Waals surface area contributed by atoms with E-state index >= 15 is 0 Å². The standard InChI is InChI=1S/C34H38FN7O4/c1-5-46-33(45)41(4)34(2,32(44)42-18-6-7-19-42)24-12-17-28-27(20-24)38-29(40(28)3)21-37-26-15-10-22(11-16-26)30(36)39-31(43)23-8-13-25(35)14-9-23/h8-17,20,37H,5-7,18-19,21H2,1-4H3,(H2,36,39,43)/t34-/m1/s1. The Morgan fingerprint density at radius 1 is 1.02 bits per heavy atom. The van der Waals surface area contributed by atoms with E-state index in [9.17, 15) is 18.8 Å². The second kappa shape index (κ2) is 13.4. The van der Waals surface area contributed by atoms with Gasteiger partial charge in [0.15, 0.2) is 0 Å². The van der Waals surface area contributed by atoms with Crippen LogP contribution in [-0.2, 0) is 28.7 Å². The number of imidazole rings is 1. The second-order valence-electron chi connectivity index (χ2n) is 11.4. The zero-order chi connectivity index (χ0) is 33.0. The van der Waals surface area contributed by atoms with Crippen molar-refractivity contribution in [1.29, 1.82) is 5.41 Å². The lowest BCUT2D eigenvalue weighted by Gasteiger charge is -2.39. The first-order chi connectivity index (χ1) is 22.0. The van der Waals surface area contributed by atoms with Crippen LogP contribution < -0.4 is 10.6 Å². The number of halogens is 1. The molecule has 4 aromatic rings. The Bertz CT molecular complexity index is 1760. The average molecular weight is 628 g/mol. The predicted molar refractivity (Wildman–Crippen MR) is 173 cm³/mol. The van der Waals surface area contributed by atoms with Crippen molar-refractivity contribution < 1.29 is 23.5 Å². The van der Waals surface area contributed by atoms with Crippen molar-refractivity contribution in [1.82, 2.24) is 24.7 Å². The number of aryl methyl sites for hydroxylation is 1. The molecule has 1 aromatic heterocycles. The van der Waals surface area contributed by atoms with Gasteiger partial charge in [0.25, 0.3) is 11.8 Å². The highest BCUT2D eigenvalue weighted by molar-refractivity contribution is 6.11. The van der Waals surface area contributed by atoms with E-state index in [1.54, 1.807) is 50.1 Å². The number of nitrogens with zero attached hydrogens (tertiary/aromatic N) is 4. The zero-order valence-electron chi connectivity index (χ0n) is 26.4. The Labute approximate surface area is 266 Å². The second-order valence-corrected chi connectivity index (χ2v) is 11.4. The molecular formula is C34H38FN7O4. The maximum Gasteiger partial charge on any atom is 0.410 e. The van der Waals surface area contributed by atoms with E-state index in [4.69, 9.17) is 15.1 Å². The van der Waals surface area contributed by atoms with Crippen LogP contribution in [0.15, 0.2) is 66.7 Å². The molecule has 3 N–H and O–H groups in total. The summed E-state index contributed by atoms with van der Waals surface area (Å²) in [7, 11) is 3.51. The number of anilines is 1. The highest BCUT2D eigenvalue weighted by atomic mass is 19.1. The lowest BCUT2D eigenvalue weighted by atomic mass is 9.88. The molecule has 3 amide bonds. The van der Waals surface area contributed by atoms with Crippen molar-refractivity contribution in [2.75, 3.05) is 32.1 Å². The van der Waals surface area contributed by atoms with Gasteiger partial charge in [-0.15, -0.1) is 0 Å². The number of likely N-dealkylation sites (N-methyl/N-ethyl adjacent to an activating group) is 1. The minimum atomic E-state index is -1.28. The Kier molecular flexibility index (Phi) is 9.36. The van der Waals surface area contributed by atoms with Crippen LogP contribution >= 0.6 is 0 Å². The van der Waals surface area contributed by atoms with E-state index in [1.165, 1.54) is 29.2 Å². The molecule has 0 aliphatic carbocycles. The maximum absolute atomic E-state index is 13.9. The first-order valence-electron chi connectivity index (χ1n) is 15.2. The van der Waals surface area contributed by atoms with Crippen molar-refractivity contribution in [3.05, 3.63) is 95.1 Å². The molecule has 46 heavy (non-hydrogen) atoms. The Balaban J connectivity index is 1.31. The van der Waals surface area contributed by atoms with Crippen LogP contribution in [0.4, 0.5) is 14.9 Å². The highest BCUT2D eigenvalue weighted by Gasteiger charge is 2.45. The number of amides is 3. The fourth-order valence-electron chi connectivity index (χ4n) is 5.60. The van der Waals surface area contributed by atoms with E-state index in [0.29, 0.717) is 36.3 Å². The Morgan fingerprint density at radius 2 is 1.67 bits per heavy atom. The third-order valence-electron chi connectivity index (χ3n) is 8.53. The van der Waals surface area contributed by atoms with E-state index in [2.05, 4.69) is 10.6 Å². The molecule has 0 radical (unpaired) electrons. The van der Waals surface area contributed by atoms with Crippen molar-refractivity contribution in [2.24, 2.45) is 7.05 Å². The van der Waals surface area contributed by atoms with Crippen molar-refractivity contribution in [3.8, 4) is 0 Å². The molecule has 1 fully saturated rings. The molecule has 11 nitrogen and oxygen atoms in total. The summed E-state index contributed by atoms with van der Waals surface area (Å²) in [6.45, 7) is 5.39. The lowest BCUT2D eigenvalue weighted by Crippen LogP contribution is -2.55. The Morgan fingerprint density at radius 3 is 2.33 bits per heavy atom. The van der Waals surface area contributed by atoms with Crippen LogP contribution in [0.2, 0.25) is 0 Å². The quantitative estimate of drug-likeness (QED) is 0.177. The van der Waals surface area contributed by atoms with Gasteiger partial charge in [-0.1, -0.05) is 6.07 Å². The molecule has 1 atom stereocenters. The fraction of sp³-hybridized carbons (Fsp3) is 0.324. The minimum Gasteiger partial charge on any atom is -0.450 e. The summed E-state index contributed by atoms with van der Waals surface area (Å²) in [5, 5.41) is 14.1. The highest BCUT2D eigenvalue weighted by Crippen LogP contribution is 2.34. The molecule has 0 saturated carbocycles. The van der Waals surface area contributed by atoms with Crippen LogP contribution in [0.3, 0.4) is 0 Å². The largest absolute Gasteiger partial charge is 0.450 e. The first-order valence-corrected chi connectivity index (χ1v) is 15.2. The minimum absolute atomic E-state index is 0.0733. The van der Waals surface area contributed by atoms with Gasteiger partial charge in [0.05, 0.1) is 24.2 Å². The van der Waals surface area contributed by atoms with E-state index in [1.807, 2.05) is 29.8 Å². The van der Waals surface area contributed by atoms with Gasteiger partial charge in [-0.3, -0.25) is 19.9 Å². The molecule has 240 valence electrons. The van der Waals surface area contributed by atoms with E-state index < -0.39 is 23.4 Å². The average Bonchev–Trinajstić information content (AvgIpc) is 3.71. The van der Waals surface area contributed by atoms with E-state index in [0.717, 1.165) is 29.9 Å². The van der Waals surface area contributed by atoms with Crippen molar-refractivity contribution in [3.63, 3.8) is 0 Å².